The predicted octanol–water partition coefficient (Wildman–Crippen LogP) is 4.13. The number of nitrogens with zero attached hydrogens (tertiary/aromatic N) is 4. The highest BCUT2D eigenvalue weighted by Crippen LogP contribution is 2.28. The van der Waals surface area contributed by atoms with Crippen LogP contribution in [-0.2, 0) is 17.8 Å². The quantitative estimate of drug-likeness (QED) is 0.601. The Kier molecular flexibility index (Phi) is 6.22. The van der Waals surface area contributed by atoms with Gasteiger partial charge in [-0.2, -0.15) is 0 Å². The maximum Gasteiger partial charge on any atom is 0.259 e. The summed E-state index contributed by atoms with van der Waals surface area (Å²) in [6.45, 7) is 6.64. The Hall–Kier alpha value is -3.44. The van der Waals surface area contributed by atoms with Gasteiger partial charge >= 0.3 is 0 Å². The highest BCUT2D eigenvalue weighted by molar-refractivity contribution is 6.22. The van der Waals surface area contributed by atoms with Gasteiger partial charge < -0.3 is 4.90 Å². The summed E-state index contributed by atoms with van der Waals surface area (Å²) in [5, 5.41) is 0. The Labute approximate surface area is 196 Å². The van der Waals surface area contributed by atoms with Crippen LogP contribution < -0.4 is 4.90 Å². The molecule has 5 nitrogen and oxygen atoms in total. The Balaban J connectivity index is 1.36. The minimum atomic E-state index is -0.385. The van der Waals surface area contributed by atoms with Crippen LogP contribution in [0.25, 0.3) is 0 Å². The molecule has 2 heterocycles. The number of piperazine rings is 1. The fraction of sp³-hybridized carbons (Fsp3) is 0.286. The number of aliphatic imine (C=N–C) groups is 1. The van der Waals surface area contributed by atoms with Gasteiger partial charge in [0.2, 0.25) is 5.96 Å². The summed E-state index contributed by atoms with van der Waals surface area (Å²) in [5.74, 6) is 0.865. The van der Waals surface area contributed by atoms with Crippen molar-refractivity contribution in [3.63, 3.8) is 0 Å². The van der Waals surface area contributed by atoms with E-state index in [0.717, 1.165) is 55.5 Å². The highest BCUT2D eigenvalue weighted by Gasteiger charge is 2.39. The minimum Gasteiger partial charge on any atom is -0.340 e. The molecule has 0 spiro atoms. The van der Waals surface area contributed by atoms with Crippen molar-refractivity contribution in [2.24, 2.45) is 4.99 Å². The molecular formula is C28H30N4O. The third-order valence-electron chi connectivity index (χ3n) is 6.51. The second-order valence-corrected chi connectivity index (χ2v) is 8.84. The van der Waals surface area contributed by atoms with E-state index in [4.69, 9.17) is 4.99 Å². The lowest BCUT2D eigenvalue weighted by Crippen LogP contribution is -2.53. The maximum absolute atomic E-state index is 13.6. The van der Waals surface area contributed by atoms with E-state index in [9.17, 15) is 4.79 Å². The Morgan fingerprint density at radius 3 is 2.06 bits per heavy atom. The van der Waals surface area contributed by atoms with E-state index in [1.54, 1.807) is 0 Å². The van der Waals surface area contributed by atoms with Gasteiger partial charge in [-0.25, -0.2) is 9.89 Å². The molecule has 0 bridgehead atoms. The molecule has 5 rings (SSSR count). The summed E-state index contributed by atoms with van der Waals surface area (Å²) in [7, 11) is 0. The highest BCUT2D eigenvalue weighted by atomic mass is 16.2. The fourth-order valence-corrected chi connectivity index (χ4v) is 4.68. The summed E-state index contributed by atoms with van der Waals surface area (Å²) in [6.07, 6.45) is 0.625. The van der Waals surface area contributed by atoms with Gasteiger partial charge in [0, 0.05) is 39.1 Å². The Morgan fingerprint density at radius 2 is 1.39 bits per heavy atom. The molecule has 3 aromatic carbocycles. The van der Waals surface area contributed by atoms with Gasteiger partial charge in [0.05, 0.1) is 5.69 Å². The van der Waals surface area contributed by atoms with Gasteiger partial charge in [0.15, 0.2) is 0 Å². The lowest BCUT2D eigenvalue weighted by molar-refractivity contribution is -0.118. The number of carbonyl (C=O) groups excluding carboxylic acids is 1. The molecule has 168 valence electrons. The first kappa shape index (κ1) is 21.4. The van der Waals surface area contributed by atoms with Gasteiger partial charge in [-0.1, -0.05) is 78.9 Å². The van der Waals surface area contributed by atoms with Crippen LogP contribution in [0, 0.1) is 6.92 Å². The summed E-state index contributed by atoms with van der Waals surface area (Å²) in [4.78, 5) is 25.2. The number of amides is 1. The summed E-state index contributed by atoms with van der Waals surface area (Å²) >= 11 is 0. The van der Waals surface area contributed by atoms with Crippen LogP contribution in [-0.4, -0.2) is 53.9 Å². The largest absolute Gasteiger partial charge is 0.340 e. The van der Waals surface area contributed by atoms with Gasteiger partial charge in [-0.3, -0.25) is 9.69 Å². The second kappa shape index (κ2) is 9.59. The summed E-state index contributed by atoms with van der Waals surface area (Å²) < 4.78 is 0. The van der Waals surface area contributed by atoms with Crippen molar-refractivity contribution >= 4 is 17.6 Å². The first-order chi connectivity index (χ1) is 16.2. The van der Waals surface area contributed by atoms with E-state index >= 15 is 0 Å². The van der Waals surface area contributed by atoms with Crippen LogP contribution >= 0.6 is 0 Å². The van der Waals surface area contributed by atoms with Crippen LogP contribution in [0.2, 0.25) is 0 Å². The Bertz CT molecular complexity index is 1120. The van der Waals surface area contributed by atoms with E-state index in [1.165, 1.54) is 5.56 Å². The average molecular weight is 439 g/mol. The van der Waals surface area contributed by atoms with Gasteiger partial charge in [-0.05, 0) is 29.7 Å². The predicted molar refractivity (Wildman–Crippen MR) is 133 cm³/mol. The van der Waals surface area contributed by atoms with Crippen molar-refractivity contribution in [3.05, 3.63) is 102 Å². The molecule has 5 heteroatoms. The molecule has 0 saturated carbocycles. The monoisotopic (exact) mass is 438 g/mol. The molecule has 33 heavy (non-hydrogen) atoms. The van der Waals surface area contributed by atoms with Crippen LogP contribution in [0.3, 0.4) is 0 Å². The summed E-state index contributed by atoms with van der Waals surface area (Å²) in [6, 6.07) is 28.5. The molecule has 3 aromatic rings. The van der Waals surface area contributed by atoms with Crippen LogP contribution in [0.1, 0.15) is 16.7 Å². The zero-order valence-electron chi connectivity index (χ0n) is 19.1. The SMILES string of the molecule is Cc1ccccc1N1C(=O)C(Cc2ccccc2)N=C1N1CCN(Cc2ccccc2)CC1. The molecule has 0 aromatic heterocycles. The number of benzene rings is 3. The molecule has 1 saturated heterocycles. The van der Waals surface area contributed by atoms with Crippen LogP contribution in [0.15, 0.2) is 89.9 Å². The zero-order chi connectivity index (χ0) is 22.6. The lowest BCUT2D eigenvalue weighted by Gasteiger charge is -2.38. The first-order valence-electron chi connectivity index (χ1n) is 11.7. The zero-order valence-corrected chi connectivity index (χ0v) is 19.1. The van der Waals surface area contributed by atoms with Crippen molar-refractivity contribution in [2.45, 2.75) is 25.9 Å². The fourth-order valence-electron chi connectivity index (χ4n) is 4.68. The molecule has 0 radical (unpaired) electrons. The van der Waals surface area contributed by atoms with E-state index in [0.29, 0.717) is 6.42 Å². The topological polar surface area (TPSA) is 39.2 Å². The molecule has 1 atom stereocenters. The minimum absolute atomic E-state index is 0.0647. The third kappa shape index (κ3) is 4.69. The number of rotatable bonds is 5. The van der Waals surface area contributed by atoms with Crippen molar-refractivity contribution in [2.75, 3.05) is 31.1 Å². The van der Waals surface area contributed by atoms with E-state index in [-0.39, 0.29) is 11.9 Å². The summed E-state index contributed by atoms with van der Waals surface area (Å²) in [5.41, 5.74) is 4.49. The number of hydrogen-bond donors (Lipinski definition) is 0. The van der Waals surface area contributed by atoms with E-state index < -0.39 is 0 Å². The van der Waals surface area contributed by atoms with Crippen LogP contribution in [0.5, 0.6) is 0 Å². The van der Waals surface area contributed by atoms with Crippen molar-refractivity contribution in [1.82, 2.24) is 9.80 Å². The molecule has 0 aliphatic carbocycles. The molecule has 2 aliphatic heterocycles. The normalized spacial score (nSPS) is 19.1. The number of aryl methyl sites for hydroxylation is 1. The van der Waals surface area contributed by atoms with Gasteiger partial charge in [0.25, 0.3) is 5.91 Å². The van der Waals surface area contributed by atoms with Crippen molar-refractivity contribution < 1.29 is 4.79 Å². The van der Waals surface area contributed by atoms with E-state index in [2.05, 4.69) is 65.3 Å². The first-order valence-corrected chi connectivity index (χ1v) is 11.7. The number of guanidine groups is 1. The van der Waals surface area contributed by atoms with Gasteiger partial charge in [0.1, 0.15) is 6.04 Å². The smallest absolute Gasteiger partial charge is 0.259 e. The van der Waals surface area contributed by atoms with Crippen molar-refractivity contribution in [3.8, 4) is 0 Å². The van der Waals surface area contributed by atoms with Crippen LogP contribution in [0.4, 0.5) is 5.69 Å². The number of hydrogen-bond acceptors (Lipinski definition) is 4. The molecule has 1 fully saturated rings. The van der Waals surface area contributed by atoms with Gasteiger partial charge in [-0.15, -0.1) is 0 Å². The Morgan fingerprint density at radius 1 is 0.788 bits per heavy atom. The number of carbonyl (C=O) groups is 1. The molecular weight excluding hydrogens is 408 g/mol. The maximum atomic E-state index is 13.6. The third-order valence-corrected chi connectivity index (χ3v) is 6.51. The number of para-hydroxylation sites is 1. The lowest BCUT2D eigenvalue weighted by atomic mass is 10.1. The number of anilines is 1. The average Bonchev–Trinajstić information content (AvgIpc) is 3.17. The van der Waals surface area contributed by atoms with E-state index in [1.807, 2.05) is 41.3 Å². The second-order valence-electron chi connectivity index (χ2n) is 8.84. The molecule has 1 unspecified atom stereocenters. The molecule has 0 N–H and O–H groups in total. The molecule has 1 amide bonds. The standard InChI is InChI=1S/C28H30N4O/c1-22-10-8-9-15-26(22)32-27(33)25(20-23-11-4-2-5-12-23)29-28(32)31-18-16-30(17-19-31)21-24-13-6-3-7-14-24/h2-15,25H,16-21H2,1H3. The molecule has 2 aliphatic rings. The van der Waals surface area contributed by atoms with Crippen molar-refractivity contribution in [1.29, 1.82) is 0 Å².